The van der Waals surface area contributed by atoms with Crippen LogP contribution in [0.5, 0.6) is 0 Å². The Morgan fingerprint density at radius 1 is 1.26 bits per heavy atom. The van der Waals surface area contributed by atoms with Crippen LogP contribution in [0.2, 0.25) is 5.02 Å². The van der Waals surface area contributed by atoms with Crippen molar-refractivity contribution in [3.05, 3.63) is 34.7 Å². The van der Waals surface area contributed by atoms with Crippen LogP contribution in [0.25, 0.3) is 11.3 Å². The maximum atomic E-state index is 6.00. The highest BCUT2D eigenvalue weighted by molar-refractivity contribution is 7.14. The zero-order chi connectivity index (χ0) is 13.1. The number of halogens is 1. The molecule has 2 aromatic rings. The molecule has 0 atom stereocenters. The molecule has 1 aromatic carbocycles. The summed E-state index contributed by atoms with van der Waals surface area (Å²) < 4.78 is 0. The molecule has 100 valence electrons. The standard InChI is InChI=1S/C14H16ClN3S/c15-11-5-3-4-10(8-11)13-9-19-14(16-13)18-17-12-6-1-2-7-12/h3-5,8-9,12,17H,1-2,6-7H2,(H,16,18). The van der Waals surface area contributed by atoms with Crippen LogP contribution in [0, 0.1) is 0 Å². The largest absolute Gasteiger partial charge is 0.297 e. The molecule has 1 heterocycles. The fraction of sp³-hybridized carbons (Fsp3) is 0.357. The average molecular weight is 294 g/mol. The molecule has 0 bridgehead atoms. The Labute approximate surface area is 122 Å². The first-order valence-electron chi connectivity index (χ1n) is 6.54. The Balaban J connectivity index is 1.65. The molecule has 0 spiro atoms. The van der Waals surface area contributed by atoms with Gasteiger partial charge in [0, 0.05) is 22.0 Å². The monoisotopic (exact) mass is 293 g/mol. The molecule has 0 aliphatic heterocycles. The highest BCUT2D eigenvalue weighted by Gasteiger charge is 2.14. The summed E-state index contributed by atoms with van der Waals surface area (Å²) in [4.78, 5) is 4.57. The van der Waals surface area contributed by atoms with Crippen molar-refractivity contribution in [1.82, 2.24) is 10.4 Å². The first-order valence-corrected chi connectivity index (χ1v) is 7.80. The van der Waals surface area contributed by atoms with Crippen molar-refractivity contribution in [2.24, 2.45) is 0 Å². The van der Waals surface area contributed by atoms with E-state index < -0.39 is 0 Å². The lowest BCUT2D eigenvalue weighted by Crippen LogP contribution is -2.31. The van der Waals surface area contributed by atoms with E-state index in [1.807, 2.05) is 29.6 Å². The van der Waals surface area contributed by atoms with Crippen LogP contribution in [-0.4, -0.2) is 11.0 Å². The van der Waals surface area contributed by atoms with Crippen molar-refractivity contribution in [2.75, 3.05) is 5.43 Å². The second kappa shape index (κ2) is 5.90. The van der Waals surface area contributed by atoms with E-state index >= 15 is 0 Å². The molecule has 1 saturated carbocycles. The third kappa shape index (κ3) is 3.26. The Bertz CT molecular complexity index is 549. The summed E-state index contributed by atoms with van der Waals surface area (Å²) >= 11 is 7.60. The molecule has 5 heteroatoms. The number of rotatable bonds is 4. The van der Waals surface area contributed by atoms with Crippen LogP contribution in [0.4, 0.5) is 5.13 Å². The molecule has 1 aliphatic carbocycles. The van der Waals surface area contributed by atoms with Crippen LogP contribution in [0.1, 0.15) is 25.7 Å². The van der Waals surface area contributed by atoms with Gasteiger partial charge in [0.15, 0.2) is 5.13 Å². The average Bonchev–Trinajstić information content (AvgIpc) is 3.08. The van der Waals surface area contributed by atoms with Crippen LogP contribution < -0.4 is 10.9 Å². The van der Waals surface area contributed by atoms with Gasteiger partial charge in [0.2, 0.25) is 0 Å². The summed E-state index contributed by atoms with van der Waals surface area (Å²) in [6, 6.07) is 8.36. The molecule has 0 unspecified atom stereocenters. The van der Waals surface area contributed by atoms with Gasteiger partial charge in [-0.3, -0.25) is 5.43 Å². The molecule has 3 rings (SSSR count). The topological polar surface area (TPSA) is 37.0 Å². The third-order valence-electron chi connectivity index (χ3n) is 3.36. The van der Waals surface area contributed by atoms with Gasteiger partial charge in [0.25, 0.3) is 0 Å². The van der Waals surface area contributed by atoms with Gasteiger partial charge < -0.3 is 0 Å². The van der Waals surface area contributed by atoms with Crippen molar-refractivity contribution >= 4 is 28.1 Å². The summed E-state index contributed by atoms with van der Waals surface area (Å²) in [6.07, 6.45) is 5.15. The molecule has 0 amide bonds. The third-order valence-corrected chi connectivity index (χ3v) is 4.36. The van der Waals surface area contributed by atoms with E-state index in [0.29, 0.717) is 6.04 Å². The van der Waals surface area contributed by atoms with E-state index in [1.54, 1.807) is 11.3 Å². The van der Waals surface area contributed by atoms with Gasteiger partial charge in [-0.1, -0.05) is 36.6 Å². The van der Waals surface area contributed by atoms with Gasteiger partial charge in [-0.25, -0.2) is 10.4 Å². The van der Waals surface area contributed by atoms with E-state index in [1.165, 1.54) is 25.7 Å². The predicted molar refractivity (Wildman–Crippen MR) is 81.6 cm³/mol. The molecule has 1 fully saturated rings. The lowest BCUT2D eigenvalue weighted by molar-refractivity contribution is 0.576. The number of anilines is 1. The van der Waals surface area contributed by atoms with E-state index in [0.717, 1.165) is 21.4 Å². The van der Waals surface area contributed by atoms with Gasteiger partial charge >= 0.3 is 0 Å². The summed E-state index contributed by atoms with van der Waals surface area (Å²) in [5.41, 5.74) is 8.58. The Morgan fingerprint density at radius 3 is 2.89 bits per heavy atom. The lowest BCUT2D eigenvalue weighted by atomic mass is 10.2. The van der Waals surface area contributed by atoms with Crippen molar-refractivity contribution in [2.45, 2.75) is 31.7 Å². The molecule has 1 aliphatic rings. The molecule has 0 radical (unpaired) electrons. The summed E-state index contributed by atoms with van der Waals surface area (Å²) in [5, 5.41) is 3.69. The zero-order valence-electron chi connectivity index (χ0n) is 10.5. The van der Waals surface area contributed by atoms with Crippen LogP contribution in [0.15, 0.2) is 29.6 Å². The van der Waals surface area contributed by atoms with Gasteiger partial charge in [-0.15, -0.1) is 11.3 Å². The fourth-order valence-corrected chi connectivity index (χ4v) is 3.22. The minimum absolute atomic E-state index is 0.582. The number of hydrogen-bond acceptors (Lipinski definition) is 4. The molecule has 3 nitrogen and oxygen atoms in total. The van der Waals surface area contributed by atoms with Crippen molar-refractivity contribution < 1.29 is 0 Å². The number of thiazole rings is 1. The minimum Gasteiger partial charge on any atom is -0.297 e. The Kier molecular flexibility index (Phi) is 4.01. The Hall–Kier alpha value is -1.10. The van der Waals surface area contributed by atoms with Gasteiger partial charge in [0.05, 0.1) is 5.69 Å². The number of hydrogen-bond donors (Lipinski definition) is 2. The van der Waals surface area contributed by atoms with E-state index in [9.17, 15) is 0 Å². The van der Waals surface area contributed by atoms with Crippen LogP contribution in [0.3, 0.4) is 0 Å². The second-order valence-corrected chi connectivity index (χ2v) is 6.09. The smallest absolute Gasteiger partial charge is 0.197 e. The van der Waals surface area contributed by atoms with Crippen LogP contribution in [-0.2, 0) is 0 Å². The van der Waals surface area contributed by atoms with Crippen molar-refractivity contribution in [1.29, 1.82) is 0 Å². The van der Waals surface area contributed by atoms with Gasteiger partial charge in [-0.2, -0.15) is 0 Å². The number of benzene rings is 1. The summed E-state index contributed by atoms with van der Waals surface area (Å²) in [5.74, 6) is 0. The van der Waals surface area contributed by atoms with Crippen molar-refractivity contribution in [3.8, 4) is 11.3 Å². The van der Waals surface area contributed by atoms with Crippen molar-refractivity contribution in [3.63, 3.8) is 0 Å². The first kappa shape index (κ1) is 12.9. The first-order chi connectivity index (χ1) is 9.31. The molecule has 0 saturated heterocycles. The number of aromatic nitrogens is 1. The fourth-order valence-electron chi connectivity index (χ4n) is 2.35. The lowest BCUT2D eigenvalue weighted by Gasteiger charge is -2.11. The molecule has 19 heavy (non-hydrogen) atoms. The molecular weight excluding hydrogens is 278 g/mol. The quantitative estimate of drug-likeness (QED) is 0.824. The normalized spacial score (nSPS) is 15.8. The number of hydrazine groups is 1. The summed E-state index contributed by atoms with van der Waals surface area (Å²) in [6.45, 7) is 0. The Morgan fingerprint density at radius 2 is 2.11 bits per heavy atom. The molecule has 1 aromatic heterocycles. The second-order valence-electron chi connectivity index (χ2n) is 4.80. The highest BCUT2D eigenvalue weighted by atomic mass is 35.5. The van der Waals surface area contributed by atoms with Gasteiger partial charge in [-0.05, 0) is 25.0 Å². The maximum absolute atomic E-state index is 6.00. The molecule has 2 N–H and O–H groups in total. The summed E-state index contributed by atoms with van der Waals surface area (Å²) in [7, 11) is 0. The maximum Gasteiger partial charge on any atom is 0.197 e. The highest BCUT2D eigenvalue weighted by Crippen LogP contribution is 2.26. The van der Waals surface area contributed by atoms with Gasteiger partial charge in [0.1, 0.15) is 0 Å². The predicted octanol–water partition coefficient (Wildman–Crippen LogP) is 4.32. The SMILES string of the molecule is Clc1cccc(-c2csc(NNC3CCCC3)n2)c1. The van der Waals surface area contributed by atoms with E-state index in [4.69, 9.17) is 11.6 Å². The van der Waals surface area contributed by atoms with Crippen LogP contribution >= 0.6 is 22.9 Å². The minimum atomic E-state index is 0.582. The number of nitrogens with zero attached hydrogens (tertiary/aromatic N) is 1. The van der Waals surface area contributed by atoms with E-state index in [2.05, 4.69) is 15.8 Å². The number of nitrogens with one attached hydrogen (secondary N) is 2. The zero-order valence-corrected chi connectivity index (χ0v) is 12.1. The van der Waals surface area contributed by atoms with E-state index in [-0.39, 0.29) is 0 Å². The molecular formula is C14H16ClN3S.